The number of alkyl halides is 3. The Morgan fingerprint density at radius 2 is 2.00 bits per heavy atom. The number of anilines is 1. The van der Waals surface area contributed by atoms with E-state index in [0.29, 0.717) is 11.2 Å². The first-order valence-electron chi connectivity index (χ1n) is 7.93. The van der Waals surface area contributed by atoms with Crippen LogP contribution in [0.1, 0.15) is 15.9 Å². The second kappa shape index (κ2) is 8.28. The summed E-state index contributed by atoms with van der Waals surface area (Å²) in [7, 11) is 1.56. The number of tetrazole rings is 1. The van der Waals surface area contributed by atoms with E-state index in [0.717, 1.165) is 23.9 Å². The van der Waals surface area contributed by atoms with E-state index in [1.807, 2.05) is 0 Å². The number of aryl methyl sites for hydroxylation is 1. The summed E-state index contributed by atoms with van der Waals surface area (Å²) in [5.74, 6) is -0.855. The number of nitro groups is 1. The van der Waals surface area contributed by atoms with Crippen LogP contribution < -0.4 is 5.32 Å². The highest BCUT2D eigenvalue weighted by Crippen LogP contribution is 2.37. The number of amides is 1. The molecule has 1 aromatic heterocycles. The average Bonchev–Trinajstić information content (AvgIpc) is 3.07. The van der Waals surface area contributed by atoms with E-state index in [9.17, 15) is 28.1 Å². The van der Waals surface area contributed by atoms with Crippen molar-refractivity contribution >= 4 is 40.6 Å². The van der Waals surface area contributed by atoms with E-state index in [-0.39, 0.29) is 21.8 Å². The van der Waals surface area contributed by atoms with Gasteiger partial charge in [0.25, 0.3) is 11.6 Å². The van der Waals surface area contributed by atoms with Gasteiger partial charge in [-0.15, -0.1) is 5.10 Å². The zero-order valence-corrected chi connectivity index (χ0v) is 16.4. The summed E-state index contributed by atoms with van der Waals surface area (Å²) in [6.07, 6.45) is -4.72. The summed E-state index contributed by atoms with van der Waals surface area (Å²) in [6, 6.07) is 6.39. The fourth-order valence-electron chi connectivity index (χ4n) is 2.32. The number of nitrogens with one attached hydrogen (secondary N) is 1. The van der Waals surface area contributed by atoms with Crippen molar-refractivity contribution in [3.05, 3.63) is 62.7 Å². The van der Waals surface area contributed by atoms with Crippen molar-refractivity contribution in [1.82, 2.24) is 20.2 Å². The molecule has 0 spiro atoms. The topological polar surface area (TPSA) is 116 Å². The van der Waals surface area contributed by atoms with E-state index in [1.165, 1.54) is 22.9 Å². The predicted octanol–water partition coefficient (Wildman–Crippen LogP) is 4.19. The molecule has 0 atom stereocenters. The number of carbonyl (C=O) groups excluding carboxylic acids is 1. The standard InChI is InChI=1S/C16H10ClF3N6O3S/c1-25-15(22-23-24-25)30-13-5-3-9(26(28)29)7-10(13)14(27)21-8-2-4-12(17)11(6-8)16(18,19)20/h2-7H,1H3,(H,21,27). The zero-order valence-electron chi connectivity index (χ0n) is 14.8. The van der Waals surface area contributed by atoms with E-state index in [4.69, 9.17) is 11.6 Å². The monoisotopic (exact) mass is 458 g/mol. The van der Waals surface area contributed by atoms with Gasteiger partial charge in [-0.25, -0.2) is 4.68 Å². The third kappa shape index (κ3) is 4.68. The van der Waals surface area contributed by atoms with Gasteiger partial charge in [0.1, 0.15) is 0 Å². The number of hydrogen-bond acceptors (Lipinski definition) is 7. The molecule has 2 aromatic carbocycles. The second-order valence-electron chi connectivity index (χ2n) is 5.77. The van der Waals surface area contributed by atoms with Crippen molar-refractivity contribution in [2.45, 2.75) is 16.2 Å². The SMILES string of the molecule is Cn1nnnc1Sc1ccc([N+](=O)[O-])cc1C(=O)Nc1ccc(Cl)c(C(F)(F)F)c1. The van der Waals surface area contributed by atoms with Gasteiger partial charge in [0, 0.05) is 29.8 Å². The molecule has 30 heavy (non-hydrogen) atoms. The lowest BCUT2D eigenvalue weighted by atomic mass is 10.1. The summed E-state index contributed by atoms with van der Waals surface area (Å²) in [5, 5.41) is 24.0. The maximum Gasteiger partial charge on any atom is 0.417 e. The van der Waals surface area contributed by atoms with Crippen molar-refractivity contribution in [2.75, 3.05) is 5.32 Å². The minimum Gasteiger partial charge on any atom is -0.322 e. The van der Waals surface area contributed by atoms with Gasteiger partial charge in [0.15, 0.2) is 0 Å². The summed E-state index contributed by atoms with van der Waals surface area (Å²) < 4.78 is 40.5. The molecule has 3 aromatic rings. The maximum atomic E-state index is 13.0. The molecule has 1 N–H and O–H groups in total. The molecule has 9 nitrogen and oxygen atoms in total. The van der Waals surface area contributed by atoms with E-state index >= 15 is 0 Å². The van der Waals surface area contributed by atoms with Gasteiger partial charge < -0.3 is 5.32 Å². The van der Waals surface area contributed by atoms with Gasteiger partial charge >= 0.3 is 6.18 Å². The molecule has 1 amide bonds. The molecule has 3 rings (SSSR count). The van der Waals surface area contributed by atoms with Crippen LogP contribution in [0.2, 0.25) is 5.02 Å². The highest BCUT2D eigenvalue weighted by Gasteiger charge is 2.33. The van der Waals surface area contributed by atoms with E-state index in [1.54, 1.807) is 7.05 Å². The molecule has 14 heteroatoms. The molecule has 0 aliphatic carbocycles. The van der Waals surface area contributed by atoms with Crippen LogP contribution in [0.3, 0.4) is 0 Å². The van der Waals surface area contributed by atoms with Crippen molar-refractivity contribution < 1.29 is 22.9 Å². The minimum atomic E-state index is -4.72. The number of benzene rings is 2. The van der Waals surface area contributed by atoms with Gasteiger partial charge in [0.2, 0.25) is 5.16 Å². The van der Waals surface area contributed by atoms with Gasteiger partial charge in [0.05, 0.1) is 21.1 Å². The molecule has 156 valence electrons. The van der Waals surface area contributed by atoms with Crippen LogP contribution in [0.15, 0.2) is 46.5 Å². The third-order valence-electron chi connectivity index (χ3n) is 3.73. The van der Waals surface area contributed by atoms with Crippen molar-refractivity contribution in [2.24, 2.45) is 7.05 Å². The number of hydrogen-bond donors (Lipinski definition) is 1. The molecule has 0 radical (unpaired) electrons. The molecule has 0 fully saturated rings. The Kier molecular flexibility index (Phi) is 5.94. The van der Waals surface area contributed by atoms with Crippen molar-refractivity contribution in [3.8, 4) is 0 Å². The largest absolute Gasteiger partial charge is 0.417 e. The molecule has 0 unspecified atom stereocenters. The Labute approximate surface area is 175 Å². The average molecular weight is 459 g/mol. The third-order valence-corrected chi connectivity index (χ3v) is 5.16. The Bertz CT molecular complexity index is 1140. The summed E-state index contributed by atoms with van der Waals surface area (Å²) in [6.45, 7) is 0. The molecule has 1 heterocycles. The van der Waals surface area contributed by atoms with Gasteiger partial charge in [-0.3, -0.25) is 14.9 Å². The first kappa shape index (κ1) is 21.5. The van der Waals surface area contributed by atoms with Crippen LogP contribution >= 0.6 is 23.4 Å². The lowest BCUT2D eigenvalue weighted by Crippen LogP contribution is -2.15. The van der Waals surface area contributed by atoms with Gasteiger partial charge in [-0.05, 0) is 46.5 Å². The lowest BCUT2D eigenvalue weighted by molar-refractivity contribution is -0.384. The number of carbonyl (C=O) groups is 1. The molecule has 0 saturated carbocycles. The number of non-ortho nitro benzene ring substituents is 1. The summed E-state index contributed by atoms with van der Waals surface area (Å²) in [5.41, 5.74) is -1.81. The summed E-state index contributed by atoms with van der Waals surface area (Å²) in [4.78, 5) is 23.4. The van der Waals surface area contributed by atoms with Crippen LogP contribution in [0.4, 0.5) is 24.5 Å². The number of rotatable bonds is 5. The maximum absolute atomic E-state index is 13.0. The predicted molar refractivity (Wildman–Crippen MR) is 100 cm³/mol. The molecule has 0 saturated heterocycles. The van der Waals surface area contributed by atoms with Gasteiger partial charge in [-0.1, -0.05) is 11.6 Å². The Morgan fingerprint density at radius 1 is 1.27 bits per heavy atom. The Balaban J connectivity index is 1.97. The Hall–Kier alpha value is -3.19. The zero-order chi connectivity index (χ0) is 22.1. The fraction of sp³-hybridized carbons (Fsp3) is 0.125. The highest BCUT2D eigenvalue weighted by molar-refractivity contribution is 7.99. The lowest BCUT2D eigenvalue weighted by Gasteiger charge is -2.13. The van der Waals surface area contributed by atoms with Crippen LogP contribution in [-0.2, 0) is 13.2 Å². The minimum absolute atomic E-state index is 0.138. The second-order valence-corrected chi connectivity index (χ2v) is 7.19. The number of halogens is 4. The molecule has 0 bridgehead atoms. The molecule has 0 aliphatic heterocycles. The number of nitro benzene ring substituents is 1. The van der Waals surface area contributed by atoms with Crippen LogP contribution in [0.25, 0.3) is 0 Å². The van der Waals surface area contributed by atoms with Crippen LogP contribution in [-0.4, -0.2) is 31.0 Å². The van der Waals surface area contributed by atoms with Crippen molar-refractivity contribution in [3.63, 3.8) is 0 Å². The normalized spacial score (nSPS) is 11.4. The van der Waals surface area contributed by atoms with E-state index in [2.05, 4.69) is 20.8 Å². The number of nitrogens with zero attached hydrogens (tertiary/aromatic N) is 5. The van der Waals surface area contributed by atoms with Crippen molar-refractivity contribution in [1.29, 1.82) is 0 Å². The highest BCUT2D eigenvalue weighted by atomic mass is 35.5. The smallest absolute Gasteiger partial charge is 0.322 e. The molecular formula is C16H10ClF3N6O3S. The first-order valence-corrected chi connectivity index (χ1v) is 9.12. The molecule has 0 aliphatic rings. The van der Waals surface area contributed by atoms with E-state index < -0.39 is 27.6 Å². The quantitative estimate of drug-likeness (QED) is 0.450. The fourth-order valence-corrected chi connectivity index (χ4v) is 3.39. The van der Waals surface area contributed by atoms with Gasteiger partial charge in [-0.2, -0.15) is 13.2 Å². The van der Waals surface area contributed by atoms with Crippen LogP contribution in [0, 0.1) is 10.1 Å². The summed E-state index contributed by atoms with van der Waals surface area (Å²) >= 11 is 6.54. The Morgan fingerprint density at radius 3 is 2.60 bits per heavy atom. The van der Waals surface area contributed by atoms with Crippen LogP contribution in [0.5, 0.6) is 0 Å². The molecular weight excluding hydrogens is 449 g/mol. The number of aromatic nitrogens is 4. The first-order chi connectivity index (χ1) is 14.1.